The smallest absolute Gasteiger partial charge is 0.407 e. The maximum Gasteiger partial charge on any atom is 0.407 e. The summed E-state index contributed by atoms with van der Waals surface area (Å²) in [5, 5.41) is 6.20. The van der Waals surface area contributed by atoms with Crippen LogP contribution in [0.25, 0.3) is 0 Å². The Kier molecular flexibility index (Phi) is 9.62. The van der Waals surface area contributed by atoms with Crippen LogP contribution in [0.4, 0.5) is 4.79 Å². The zero-order valence-corrected chi connectivity index (χ0v) is 19.5. The molecular formula is C23H34ClN3O4. The maximum atomic E-state index is 12.5. The Bertz CT molecular complexity index is 755. The Morgan fingerprint density at radius 1 is 1.10 bits per heavy atom. The van der Waals surface area contributed by atoms with Crippen molar-refractivity contribution in [2.45, 2.75) is 58.5 Å². The second kappa shape index (κ2) is 11.9. The number of halogens is 1. The third-order valence-electron chi connectivity index (χ3n) is 5.14. The van der Waals surface area contributed by atoms with E-state index in [1.165, 1.54) is 0 Å². The normalized spacial score (nSPS) is 14.8. The predicted octanol–water partition coefficient (Wildman–Crippen LogP) is 3.54. The molecule has 31 heavy (non-hydrogen) atoms. The van der Waals surface area contributed by atoms with Crippen LogP contribution in [0.15, 0.2) is 24.3 Å². The number of nitrogens with zero attached hydrogens (tertiary/aromatic N) is 1. The van der Waals surface area contributed by atoms with E-state index in [1.807, 2.05) is 29.2 Å². The first-order valence-corrected chi connectivity index (χ1v) is 11.3. The molecule has 0 aromatic heterocycles. The molecule has 0 unspecified atom stereocenters. The summed E-state index contributed by atoms with van der Waals surface area (Å²) in [5.41, 5.74) is 0.438. The molecule has 3 amide bonds. The van der Waals surface area contributed by atoms with Crippen LogP contribution in [0, 0.1) is 5.92 Å². The Balaban J connectivity index is 1.59. The first-order valence-electron chi connectivity index (χ1n) is 10.9. The van der Waals surface area contributed by atoms with Crippen LogP contribution in [-0.4, -0.2) is 54.6 Å². The second-order valence-electron chi connectivity index (χ2n) is 8.90. The summed E-state index contributed by atoms with van der Waals surface area (Å²) in [6, 6.07) is 7.61. The van der Waals surface area contributed by atoms with Gasteiger partial charge in [0, 0.05) is 44.0 Å². The number of hydrogen-bond donors (Lipinski definition) is 2. The number of benzene rings is 1. The van der Waals surface area contributed by atoms with Gasteiger partial charge in [-0.1, -0.05) is 29.8 Å². The molecule has 1 aromatic carbocycles. The molecular weight excluding hydrogens is 418 g/mol. The van der Waals surface area contributed by atoms with Gasteiger partial charge in [-0.15, -0.1) is 0 Å². The lowest BCUT2D eigenvalue weighted by atomic mass is 9.96. The summed E-state index contributed by atoms with van der Waals surface area (Å²) in [4.78, 5) is 38.0. The zero-order valence-electron chi connectivity index (χ0n) is 18.7. The van der Waals surface area contributed by atoms with Gasteiger partial charge in [-0.25, -0.2) is 4.79 Å². The van der Waals surface area contributed by atoms with Crippen LogP contribution in [-0.2, 0) is 20.7 Å². The minimum Gasteiger partial charge on any atom is -0.444 e. The molecule has 2 rings (SSSR count). The van der Waals surface area contributed by atoms with E-state index in [4.69, 9.17) is 16.3 Å². The molecule has 0 spiro atoms. The summed E-state index contributed by atoms with van der Waals surface area (Å²) in [6.07, 6.45) is 2.52. The van der Waals surface area contributed by atoms with Crippen LogP contribution in [0.3, 0.4) is 0 Å². The van der Waals surface area contributed by atoms with E-state index in [2.05, 4.69) is 10.6 Å². The summed E-state index contributed by atoms with van der Waals surface area (Å²) in [5.74, 6) is 0.403. The van der Waals surface area contributed by atoms with Crippen LogP contribution < -0.4 is 10.6 Å². The molecule has 1 heterocycles. The molecule has 2 N–H and O–H groups in total. The van der Waals surface area contributed by atoms with E-state index in [0.717, 1.165) is 18.4 Å². The Hall–Kier alpha value is -2.28. The Morgan fingerprint density at radius 2 is 1.77 bits per heavy atom. The van der Waals surface area contributed by atoms with Gasteiger partial charge in [0.25, 0.3) is 0 Å². The number of amides is 3. The van der Waals surface area contributed by atoms with Crippen molar-refractivity contribution in [1.82, 2.24) is 15.5 Å². The van der Waals surface area contributed by atoms with Gasteiger partial charge in [-0.2, -0.15) is 0 Å². The van der Waals surface area contributed by atoms with Crippen molar-refractivity contribution in [3.8, 4) is 0 Å². The molecule has 0 atom stereocenters. The molecule has 7 nitrogen and oxygen atoms in total. The third kappa shape index (κ3) is 9.59. The van der Waals surface area contributed by atoms with Crippen LogP contribution >= 0.6 is 11.6 Å². The molecule has 0 radical (unpaired) electrons. The van der Waals surface area contributed by atoms with E-state index in [0.29, 0.717) is 43.4 Å². The number of carbonyl (C=O) groups is 3. The highest BCUT2D eigenvalue weighted by Crippen LogP contribution is 2.20. The molecule has 1 saturated heterocycles. The molecule has 0 saturated carbocycles. The third-order valence-corrected chi connectivity index (χ3v) is 5.51. The van der Waals surface area contributed by atoms with Crippen LogP contribution in [0.2, 0.25) is 5.02 Å². The fourth-order valence-corrected chi connectivity index (χ4v) is 3.66. The van der Waals surface area contributed by atoms with Crippen molar-refractivity contribution >= 4 is 29.5 Å². The lowest BCUT2D eigenvalue weighted by molar-refractivity contribution is -0.132. The number of nitrogens with one attached hydrogen (secondary N) is 2. The zero-order chi connectivity index (χ0) is 22.9. The van der Waals surface area contributed by atoms with Gasteiger partial charge >= 0.3 is 6.09 Å². The van der Waals surface area contributed by atoms with E-state index in [-0.39, 0.29) is 24.8 Å². The number of carbonyl (C=O) groups excluding carboxylic acids is 3. The lowest BCUT2D eigenvalue weighted by Gasteiger charge is -2.32. The van der Waals surface area contributed by atoms with Crippen molar-refractivity contribution in [2.75, 3.05) is 26.2 Å². The monoisotopic (exact) mass is 451 g/mol. The van der Waals surface area contributed by atoms with Crippen molar-refractivity contribution in [1.29, 1.82) is 0 Å². The Morgan fingerprint density at radius 3 is 2.42 bits per heavy atom. The number of rotatable bonds is 8. The quantitative estimate of drug-likeness (QED) is 0.632. The Labute approximate surface area is 189 Å². The fourth-order valence-electron chi connectivity index (χ4n) is 3.43. The van der Waals surface area contributed by atoms with Crippen LogP contribution in [0.5, 0.6) is 0 Å². The minimum absolute atomic E-state index is 0.102. The first kappa shape index (κ1) is 25.0. The average Bonchev–Trinajstić information content (AvgIpc) is 2.70. The second-order valence-corrected chi connectivity index (χ2v) is 9.31. The van der Waals surface area contributed by atoms with Crippen molar-refractivity contribution in [2.24, 2.45) is 5.92 Å². The van der Waals surface area contributed by atoms with Gasteiger partial charge in [-0.05, 0) is 57.6 Å². The first-order chi connectivity index (χ1) is 14.6. The van der Waals surface area contributed by atoms with Crippen molar-refractivity contribution < 1.29 is 19.1 Å². The molecule has 8 heteroatoms. The molecule has 1 aliphatic heterocycles. The summed E-state index contributed by atoms with van der Waals surface area (Å²) < 4.78 is 5.13. The molecule has 1 fully saturated rings. The standard InChI is InChI=1S/C23H34ClN3O4/c1-23(2,3)31-22(30)25-13-10-20(28)26-16-17-11-14-27(15-12-17)21(29)9-8-18-6-4-5-7-19(18)24/h4-7,17H,8-16H2,1-3H3,(H,25,30)(H,26,28). The highest BCUT2D eigenvalue weighted by atomic mass is 35.5. The number of hydrogen-bond acceptors (Lipinski definition) is 4. The minimum atomic E-state index is -0.558. The van der Waals surface area contributed by atoms with Crippen LogP contribution in [0.1, 0.15) is 52.0 Å². The van der Waals surface area contributed by atoms with Gasteiger partial charge in [0.05, 0.1) is 0 Å². The molecule has 0 bridgehead atoms. The maximum absolute atomic E-state index is 12.5. The molecule has 1 aromatic rings. The highest BCUT2D eigenvalue weighted by Gasteiger charge is 2.23. The number of aryl methyl sites for hydroxylation is 1. The van der Waals surface area contributed by atoms with Gasteiger partial charge in [-0.3, -0.25) is 9.59 Å². The van der Waals surface area contributed by atoms with Gasteiger partial charge in [0.1, 0.15) is 5.60 Å². The summed E-state index contributed by atoms with van der Waals surface area (Å²) in [6.45, 7) is 7.61. The predicted molar refractivity (Wildman–Crippen MR) is 121 cm³/mol. The van der Waals surface area contributed by atoms with E-state index >= 15 is 0 Å². The molecule has 1 aliphatic rings. The lowest BCUT2D eigenvalue weighted by Crippen LogP contribution is -2.42. The van der Waals surface area contributed by atoms with Crippen molar-refractivity contribution in [3.63, 3.8) is 0 Å². The van der Waals surface area contributed by atoms with E-state index < -0.39 is 11.7 Å². The largest absolute Gasteiger partial charge is 0.444 e. The SMILES string of the molecule is CC(C)(C)OC(=O)NCCC(=O)NCC1CCN(C(=O)CCc2ccccc2Cl)CC1. The topological polar surface area (TPSA) is 87.7 Å². The van der Waals surface area contributed by atoms with E-state index in [9.17, 15) is 14.4 Å². The van der Waals surface area contributed by atoms with Gasteiger partial charge in [0.2, 0.25) is 11.8 Å². The number of likely N-dealkylation sites (tertiary alicyclic amines) is 1. The molecule has 0 aliphatic carbocycles. The summed E-state index contributed by atoms with van der Waals surface area (Å²) >= 11 is 6.16. The van der Waals surface area contributed by atoms with Gasteiger partial charge < -0.3 is 20.3 Å². The van der Waals surface area contributed by atoms with Crippen molar-refractivity contribution in [3.05, 3.63) is 34.9 Å². The summed E-state index contributed by atoms with van der Waals surface area (Å²) in [7, 11) is 0. The van der Waals surface area contributed by atoms with Gasteiger partial charge in [0.15, 0.2) is 0 Å². The highest BCUT2D eigenvalue weighted by molar-refractivity contribution is 6.31. The molecule has 172 valence electrons. The number of piperidine rings is 1. The fraction of sp³-hybridized carbons (Fsp3) is 0.609. The average molecular weight is 452 g/mol. The number of ether oxygens (including phenoxy) is 1. The number of alkyl carbamates (subject to hydrolysis) is 1. The van der Waals surface area contributed by atoms with E-state index in [1.54, 1.807) is 20.8 Å².